The molecule has 1 aromatic carbocycles. The average molecular weight is 364 g/mol. The Morgan fingerprint density at radius 1 is 1.15 bits per heavy atom. The Bertz CT molecular complexity index is 598. The number of nitrogens with one attached hydrogen (secondary N) is 1. The smallest absolute Gasteiger partial charge is 0.245 e. The summed E-state index contributed by atoms with van der Waals surface area (Å²) in [5.41, 5.74) is 0.897. The van der Waals surface area contributed by atoms with Crippen molar-refractivity contribution in [3.8, 4) is 0 Å². The Morgan fingerprint density at radius 3 is 2.35 bits per heavy atom. The number of carbonyl (C=O) groups excluding carboxylic acids is 2. The number of amides is 2. The van der Waals surface area contributed by atoms with Gasteiger partial charge in [0.2, 0.25) is 11.8 Å². The van der Waals surface area contributed by atoms with Gasteiger partial charge in [0.1, 0.15) is 11.9 Å². The molecule has 2 rings (SSSR count). The molecular weight excluding hydrogens is 335 g/mol. The molecule has 2 amide bonds. The van der Waals surface area contributed by atoms with Crippen LogP contribution in [0.5, 0.6) is 0 Å². The van der Waals surface area contributed by atoms with E-state index < -0.39 is 6.04 Å². The van der Waals surface area contributed by atoms with Crippen LogP contribution in [-0.4, -0.2) is 49.1 Å². The summed E-state index contributed by atoms with van der Waals surface area (Å²) in [6.07, 6.45) is 1.11. The van der Waals surface area contributed by atoms with Crippen LogP contribution >= 0.6 is 0 Å². The molecule has 6 heteroatoms. The maximum Gasteiger partial charge on any atom is 0.245 e. The highest BCUT2D eigenvalue weighted by molar-refractivity contribution is 5.88. The van der Waals surface area contributed by atoms with E-state index in [1.165, 1.54) is 12.1 Å². The van der Waals surface area contributed by atoms with Crippen LogP contribution in [0.2, 0.25) is 0 Å². The van der Waals surface area contributed by atoms with E-state index >= 15 is 0 Å². The minimum Gasteiger partial charge on any atom is -0.378 e. The first-order valence-electron chi connectivity index (χ1n) is 9.28. The minimum atomic E-state index is -0.517. The van der Waals surface area contributed by atoms with Crippen molar-refractivity contribution in [1.82, 2.24) is 10.2 Å². The zero-order valence-electron chi connectivity index (χ0n) is 15.8. The van der Waals surface area contributed by atoms with Crippen LogP contribution < -0.4 is 5.32 Å². The van der Waals surface area contributed by atoms with Crippen molar-refractivity contribution in [2.75, 3.05) is 26.3 Å². The molecule has 0 radical (unpaired) electrons. The summed E-state index contributed by atoms with van der Waals surface area (Å²) in [5, 5.41) is 2.93. The summed E-state index contributed by atoms with van der Waals surface area (Å²) in [4.78, 5) is 27.2. The van der Waals surface area contributed by atoms with E-state index in [2.05, 4.69) is 5.32 Å². The van der Waals surface area contributed by atoms with Gasteiger partial charge >= 0.3 is 0 Å². The molecule has 144 valence electrons. The molecule has 1 aliphatic heterocycles. The summed E-state index contributed by atoms with van der Waals surface area (Å²) in [6.45, 7) is 8.10. The van der Waals surface area contributed by atoms with Crippen molar-refractivity contribution in [3.05, 3.63) is 35.6 Å². The van der Waals surface area contributed by atoms with Crippen LogP contribution in [0.3, 0.4) is 0 Å². The van der Waals surface area contributed by atoms with Gasteiger partial charge in [-0.15, -0.1) is 0 Å². The second-order valence-electron chi connectivity index (χ2n) is 7.36. The van der Waals surface area contributed by atoms with Crippen molar-refractivity contribution in [1.29, 1.82) is 0 Å². The van der Waals surface area contributed by atoms with Gasteiger partial charge in [0, 0.05) is 19.0 Å². The summed E-state index contributed by atoms with van der Waals surface area (Å²) < 4.78 is 18.3. The maximum atomic E-state index is 13.0. The van der Waals surface area contributed by atoms with Gasteiger partial charge in [-0.3, -0.25) is 9.59 Å². The number of benzene rings is 1. The first-order valence-corrected chi connectivity index (χ1v) is 9.28. The van der Waals surface area contributed by atoms with Gasteiger partial charge in [-0.2, -0.15) is 0 Å². The number of halogens is 1. The number of ether oxygens (including phenoxy) is 1. The fourth-order valence-corrected chi connectivity index (χ4v) is 3.08. The number of morpholine rings is 1. The predicted molar refractivity (Wildman–Crippen MR) is 98.1 cm³/mol. The lowest BCUT2D eigenvalue weighted by molar-refractivity contribution is -0.141. The van der Waals surface area contributed by atoms with Crippen molar-refractivity contribution >= 4 is 11.8 Å². The SMILES string of the molecule is CC(C)C[C@H](NC(=O)C(C)Cc1ccc(F)cc1)C(=O)N1CCOCC1. The maximum absolute atomic E-state index is 13.0. The Balaban J connectivity index is 1.97. The molecule has 0 spiro atoms. The van der Waals surface area contributed by atoms with E-state index in [-0.39, 0.29) is 29.5 Å². The van der Waals surface area contributed by atoms with Gasteiger partial charge < -0.3 is 15.0 Å². The van der Waals surface area contributed by atoms with Crippen molar-refractivity contribution in [2.24, 2.45) is 11.8 Å². The Kier molecular flexibility index (Phi) is 7.57. The molecule has 5 nitrogen and oxygen atoms in total. The summed E-state index contributed by atoms with van der Waals surface area (Å²) in [7, 11) is 0. The number of hydrogen-bond acceptors (Lipinski definition) is 3. The molecule has 0 bridgehead atoms. The standard InChI is InChI=1S/C20H29FN2O3/c1-14(2)12-18(20(25)23-8-10-26-11-9-23)22-19(24)15(3)13-16-4-6-17(21)7-5-16/h4-7,14-15,18H,8-13H2,1-3H3,(H,22,24)/t15?,18-/m0/s1. The Labute approximate surface area is 154 Å². The second-order valence-corrected chi connectivity index (χ2v) is 7.36. The van der Waals surface area contributed by atoms with E-state index in [4.69, 9.17) is 4.74 Å². The zero-order valence-corrected chi connectivity index (χ0v) is 15.8. The fraction of sp³-hybridized carbons (Fsp3) is 0.600. The van der Waals surface area contributed by atoms with E-state index in [1.54, 1.807) is 17.0 Å². The molecule has 1 saturated heterocycles. The average Bonchev–Trinajstić information content (AvgIpc) is 2.62. The fourth-order valence-electron chi connectivity index (χ4n) is 3.08. The molecule has 0 aliphatic carbocycles. The molecule has 1 N–H and O–H groups in total. The topological polar surface area (TPSA) is 58.6 Å². The predicted octanol–water partition coefficient (Wildman–Crippen LogP) is 2.39. The number of nitrogens with zero attached hydrogens (tertiary/aromatic N) is 1. The quantitative estimate of drug-likeness (QED) is 0.808. The molecule has 1 aromatic rings. The van der Waals surface area contributed by atoms with Gasteiger partial charge in [-0.25, -0.2) is 4.39 Å². The van der Waals surface area contributed by atoms with Gasteiger partial charge in [-0.1, -0.05) is 32.9 Å². The third kappa shape index (κ3) is 6.09. The highest BCUT2D eigenvalue weighted by atomic mass is 19.1. The van der Waals surface area contributed by atoms with Gasteiger partial charge in [0.25, 0.3) is 0 Å². The van der Waals surface area contributed by atoms with Crippen LogP contribution in [0, 0.1) is 17.7 Å². The summed E-state index contributed by atoms with van der Waals surface area (Å²) in [5.74, 6) is -0.491. The molecular formula is C20H29FN2O3. The molecule has 1 heterocycles. The molecule has 0 saturated carbocycles. The summed E-state index contributed by atoms with van der Waals surface area (Å²) in [6, 6.07) is 5.64. The van der Waals surface area contributed by atoms with Crippen molar-refractivity contribution in [2.45, 2.75) is 39.7 Å². The lowest BCUT2D eigenvalue weighted by atomic mass is 9.98. The van der Waals surface area contributed by atoms with E-state index in [0.717, 1.165) is 5.56 Å². The molecule has 26 heavy (non-hydrogen) atoms. The van der Waals surface area contributed by atoms with Gasteiger partial charge in [0.05, 0.1) is 13.2 Å². The third-order valence-corrected chi connectivity index (χ3v) is 4.55. The number of hydrogen-bond donors (Lipinski definition) is 1. The number of rotatable bonds is 7. The van der Waals surface area contributed by atoms with Crippen LogP contribution in [0.25, 0.3) is 0 Å². The molecule has 1 unspecified atom stereocenters. The van der Waals surface area contributed by atoms with Gasteiger partial charge in [-0.05, 0) is 36.5 Å². The summed E-state index contributed by atoms with van der Waals surface area (Å²) >= 11 is 0. The Hall–Kier alpha value is -1.95. The van der Waals surface area contributed by atoms with Crippen molar-refractivity contribution in [3.63, 3.8) is 0 Å². The van der Waals surface area contributed by atoms with Crippen LogP contribution in [0.15, 0.2) is 24.3 Å². The minimum absolute atomic E-state index is 0.0377. The van der Waals surface area contributed by atoms with E-state index in [1.807, 2.05) is 20.8 Å². The normalized spacial score (nSPS) is 17.0. The Morgan fingerprint density at radius 2 is 1.77 bits per heavy atom. The highest BCUT2D eigenvalue weighted by Crippen LogP contribution is 2.13. The molecule has 2 atom stereocenters. The second kappa shape index (κ2) is 9.67. The highest BCUT2D eigenvalue weighted by Gasteiger charge is 2.29. The van der Waals surface area contributed by atoms with Crippen LogP contribution in [0.4, 0.5) is 4.39 Å². The van der Waals surface area contributed by atoms with Gasteiger partial charge in [0.15, 0.2) is 0 Å². The van der Waals surface area contributed by atoms with Crippen LogP contribution in [-0.2, 0) is 20.7 Å². The molecule has 0 aromatic heterocycles. The molecule has 1 aliphatic rings. The number of carbonyl (C=O) groups is 2. The van der Waals surface area contributed by atoms with Crippen LogP contribution in [0.1, 0.15) is 32.8 Å². The van der Waals surface area contributed by atoms with Crippen molar-refractivity contribution < 1.29 is 18.7 Å². The monoisotopic (exact) mass is 364 g/mol. The molecule has 1 fully saturated rings. The zero-order chi connectivity index (χ0) is 19.1. The van der Waals surface area contributed by atoms with E-state index in [9.17, 15) is 14.0 Å². The first kappa shape index (κ1) is 20.4. The largest absolute Gasteiger partial charge is 0.378 e. The lowest BCUT2D eigenvalue weighted by Crippen LogP contribution is -2.53. The third-order valence-electron chi connectivity index (χ3n) is 4.55. The lowest BCUT2D eigenvalue weighted by Gasteiger charge is -2.31. The first-order chi connectivity index (χ1) is 12.4. The van der Waals surface area contributed by atoms with E-state index in [0.29, 0.717) is 39.1 Å².